The summed E-state index contributed by atoms with van der Waals surface area (Å²) in [5.74, 6) is -0.0521. The van der Waals surface area contributed by atoms with Crippen LogP contribution in [0.15, 0.2) is 48.5 Å². The number of alkyl halides is 3. The molecule has 1 fully saturated rings. The summed E-state index contributed by atoms with van der Waals surface area (Å²) in [4.78, 5) is 16.3. The van der Waals surface area contributed by atoms with Gasteiger partial charge in [-0.25, -0.2) is 0 Å². The van der Waals surface area contributed by atoms with Crippen molar-refractivity contribution < 1.29 is 18.0 Å². The van der Waals surface area contributed by atoms with Crippen LogP contribution >= 0.6 is 0 Å². The molecule has 0 spiro atoms. The summed E-state index contributed by atoms with van der Waals surface area (Å²) >= 11 is 0. The molecule has 1 amide bonds. The molecule has 0 unspecified atom stereocenters. The largest absolute Gasteiger partial charge is 0.416 e. The molecule has 7 heteroatoms. The van der Waals surface area contributed by atoms with E-state index in [4.69, 9.17) is 5.73 Å². The Hall–Kier alpha value is -2.54. The van der Waals surface area contributed by atoms with Gasteiger partial charge in [0.15, 0.2) is 0 Å². The van der Waals surface area contributed by atoms with E-state index in [9.17, 15) is 18.0 Å². The Morgan fingerprint density at radius 3 is 2.27 bits per heavy atom. The molecular weight excluding hydrogens is 343 g/mol. The normalized spacial score (nSPS) is 15.9. The lowest BCUT2D eigenvalue weighted by Gasteiger charge is -2.35. The quantitative estimate of drug-likeness (QED) is 0.852. The number of benzene rings is 2. The van der Waals surface area contributed by atoms with Crippen LogP contribution in [0.2, 0.25) is 0 Å². The van der Waals surface area contributed by atoms with Gasteiger partial charge in [0, 0.05) is 44.0 Å². The second kappa shape index (κ2) is 7.37. The second-order valence-corrected chi connectivity index (χ2v) is 6.39. The molecule has 0 radical (unpaired) electrons. The van der Waals surface area contributed by atoms with Crippen molar-refractivity contribution in [2.75, 3.05) is 31.9 Å². The number of halogens is 3. The van der Waals surface area contributed by atoms with E-state index < -0.39 is 11.7 Å². The molecule has 3 rings (SSSR count). The molecule has 2 aromatic rings. The molecule has 0 bridgehead atoms. The second-order valence-electron chi connectivity index (χ2n) is 6.39. The van der Waals surface area contributed by atoms with Crippen molar-refractivity contribution in [3.8, 4) is 0 Å². The van der Waals surface area contributed by atoms with Crippen LogP contribution in [-0.2, 0) is 12.7 Å². The molecule has 0 aliphatic carbocycles. The van der Waals surface area contributed by atoms with Crippen LogP contribution in [0.4, 0.5) is 18.9 Å². The number of anilines is 1. The number of carbonyl (C=O) groups is 1. The number of nitrogens with zero attached hydrogens (tertiary/aromatic N) is 2. The maximum Gasteiger partial charge on any atom is 0.416 e. The average Bonchev–Trinajstić information content (AvgIpc) is 2.62. The number of nitrogens with two attached hydrogens (primary N) is 1. The zero-order valence-corrected chi connectivity index (χ0v) is 14.2. The highest BCUT2D eigenvalue weighted by molar-refractivity contribution is 5.94. The molecule has 26 heavy (non-hydrogen) atoms. The third-order valence-electron chi connectivity index (χ3n) is 4.48. The van der Waals surface area contributed by atoms with Crippen molar-refractivity contribution in [1.82, 2.24) is 9.80 Å². The lowest BCUT2D eigenvalue weighted by molar-refractivity contribution is -0.137. The Labute approximate surface area is 150 Å². The molecule has 138 valence electrons. The van der Waals surface area contributed by atoms with Gasteiger partial charge >= 0.3 is 6.18 Å². The summed E-state index contributed by atoms with van der Waals surface area (Å²) < 4.78 is 38.4. The first kappa shape index (κ1) is 18.3. The summed E-state index contributed by atoms with van der Waals surface area (Å²) in [6, 6.07) is 12.2. The Morgan fingerprint density at radius 1 is 1.00 bits per heavy atom. The van der Waals surface area contributed by atoms with Crippen LogP contribution in [-0.4, -0.2) is 41.9 Å². The number of nitrogen functional groups attached to an aromatic ring is 1. The van der Waals surface area contributed by atoms with Crippen molar-refractivity contribution in [3.63, 3.8) is 0 Å². The average molecular weight is 363 g/mol. The fourth-order valence-electron chi connectivity index (χ4n) is 3.02. The molecule has 1 aliphatic rings. The van der Waals surface area contributed by atoms with Crippen molar-refractivity contribution in [2.45, 2.75) is 12.7 Å². The zero-order chi connectivity index (χ0) is 18.7. The van der Waals surface area contributed by atoms with Gasteiger partial charge in [-0.15, -0.1) is 0 Å². The predicted octanol–water partition coefficient (Wildman–Crippen LogP) is 3.25. The van der Waals surface area contributed by atoms with Crippen LogP contribution in [0.1, 0.15) is 21.5 Å². The summed E-state index contributed by atoms with van der Waals surface area (Å²) in [6.07, 6.45) is -4.33. The van der Waals surface area contributed by atoms with E-state index in [0.717, 1.165) is 6.07 Å². The van der Waals surface area contributed by atoms with Gasteiger partial charge in [-0.1, -0.05) is 18.2 Å². The molecule has 4 nitrogen and oxygen atoms in total. The molecule has 0 atom stereocenters. The fraction of sp³-hybridized carbons (Fsp3) is 0.316. The number of amides is 1. The van der Waals surface area contributed by atoms with Crippen molar-refractivity contribution in [1.29, 1.82) is 0 Å². The Morgan fingerprint density at radius 2 is 1.65 bits per heavy atom. The minimum absolute atomic E-state index is 0.0521. The summed E-state index contributed by atoms with van der Waals surface area (Å²) in [6.45, 7) is 2.77. The van der Waals surface area contributed by atoms with E-state index in [0.29, 0.717) is 49.5 Å². The van der Waals surface area contributed by atoms with Crippen LogP contribution in [0.3, 0.4) is 0 Å². The number of hydrogen-bond acceptors (Lipinski definition) is 3. The molecular formula is C19H20F3N3O. The van der Waals surface area contributed by atoms with Crippen LogP contribution in [0.25, 0.3) is 0 Å². The predicted molar refractivity (Wildman–Crippen MR) is 93.5 cm³/mol. The van der Waals surface area contributed by atoms with Crippen molar-refractivity contribution in [2.24, 2.45) is 0 Å². The van der Waals surface area contributed by atoms with Gasteiger partial charge in [0.05, 0.1) is 5.56 Å². The summed E-state index contributed by atoms with van der Waals surface area (Å²) in [7, 11) is 0. The number of hydrogen-bond donors (Lipinski definition) is 1. The monoisotopic (exact) mass is 363 g/mol. The Balaban J connectivity index is 1.57. The molecule has 1 saturated heterocycles. The van der Waals surface area contributed by atoms with Crippen LogP contribution in [0.5, 0.6) is 0 Å². The lowest BCUT2D eigenvalue weighted by Crippen LogP contribution is -2.48. The number of rotatable bonds is 3. The highest BCUT2D eigenvalue weighted by atomic mass is 19.4. The Kier molecular flexibility index (Phi) is 5.18. The summed E-state index contributed by atoms with van der Waals surface area (Å²) in [5, 5.41) is 0. The van der Waals surface area contributed by atoms with Crippen molar-refractivity contribution in [3.05, 3.63) is 65.2 Å². The topological polar surface area (TPSA) is 49.6 Å². The van der Waals surface area contributed by atoms with Gasteiger partial charge < -0.3 is 10.6 Å². The highest BCUT2D eigenvalue weighted by Gasteiger charge is 2.30. The maximum atomic E-state index is 12.8. The van der Waals surface area contributed by atoms with Gasteiger partial charge in [-0.05, 0) is 35.9 Å². The van der Waals surface area contributed by atoms with Crippen molar-refractivity contribution >= 4 is 11.6 Å². The van der Waals surface area contributed by atoms with E-state index >= 15 is 0 Å². The Bertz CT molecular complexity index is 766. The van der Waals surface area contributed by atoms with Gasteiger partial charge in [-0.2, -0.15) is 13.2 Å². The molecule has 0 aromatic heterocycles. The standard InChI is InChI=1S/C19H20F3N3O/c20-19(21,22)16-3-1-2-14(12-16)13-24-8-10-25(11-9-24)18(26)15-4-6-17(23)7-5-15/h1-7,12H,8-11,13,23H2. The first-order valence-corrected chi connectivity index (χ1v) is 8.36. The first-order chi connectivity index (χ1) is 12.3. The third-order valence-corrected chi connectivity index (χ3v) is 4.48. The van der Waals surface area contributed by atoms with Gasteiger partial charge in [0.25, 0.3) is 5.91 Å². The van der Waals surface area contributed by atoms with Gasteiger partial charge in [-0.3, -0.25) is 9.69 Å². The third kappa shape index (κ3) is 4.35. The van der Waals surface area contributed by atoms with E-state index in [-0.39, 0.29) is 5.91 Å². The fourth-order valence-corrected chi connectivity index (χ4v) is 3.02. The maximum absolute atomic E-state index is 12.8. The van der Waals surface area contributed by atoms with E-state index in [2.05, 4.69) is 4.90 Å². The number of carbonyl (C=O) groups excluding carboxylic acids is 1. The SMILES string of the molecule is Nc1ccc(C(=O)N2CCN(Cc3cccc(C(F)(F)F)c3)CC2)cc1. The van der Waals surface area contributed by atoms with E-state index in [1.807, 2.05) is 0 Å². The smallest absolute Gasteiger partial charge is 0.399 e. The molecule has 1 aliphatic heterocycles. The summed E-state index contributed by atoms with van der Waals surface area (Å²) in [5.41, 5.74) is 6.82. The molecule has 0 saturated carbocycles. The van der Waals surface area contributed by atoms with E-state index in [1.165, 1.54) is 12.1 Å². The molecule has 2 aromatic carbocycles. The van der Waals surface area contributed by atoms with E-state index in [1.54, 1.807) is 35.2 Å². The van der Waals surface area contributed by atoms with Gasteiger partial charge in [0.1, 0.15) is 0 Å². The first-order valence-electron chi connectivity index (χ1n) is 8.36. The van der Waals surface area contributed by atoms with Gasteiger partial charge in [0.2, 0.25) is 0 Å². The minimum atomic E-state index is -4.33. The zero-order valence-electron chi connectivity index (χ0n) is 14.2. The minimum Gasteiger partial charge on any atom is -0.399 e. The van der Waals surface area contributed by atoms with Crippen LogP contribution in [0, 0.1) is 0 Å². The number of piperazine rings is 1. The molecule has 1 heterocycles. The molecule has 2 N–H and O–H groups in total. The van der Waals surface area contributed by atoms with Crippen LogP contribution < -0.4 is 5.73 Å². The lowest BCUT2D eigenvalue weighted by atomic mass is 10.1. The highest BCUT2D eigenvalue weighted by Crippen LogP contribution is 2.29.